The minimum atomic E-state index is -0.159. The van der Waals surface area contributed by atoms with Gasteiger partial charge in [0, 0.05) is 18.1 Å². The maximum absolute atomic E-state index is 13.4. The summed E-state index contributed by atoms with van der Waals surface area (Å²) in [4.78, 5) is 22.2. The number of aryl methyl sites for hydroxylation is 1. The Kier molecular flexibility index (Phi) is 7.52. The highest BCUT2D eigenvalue weighted by Crippen LogP contribution is 2.32. The summed E-state index contributed by atoms with van der Waals surface area (Å²) < 4.78 is 1.09. The lowest BCUT2D eigenvalue weighted by Crippen LogP contribution is -2.39. The van der Waals surface area contributed by atoms with E-state index in [0.29, 0.717) is 27.3 Å². The number of carbonyl (C=O) groups is 1. The lowest BCUT2D eigenvalue weighted by Gasteiger charge is -2.25. The molecular formula is C22H25Cl2N3OS. The Morgan fingerprint density at radius 3 is 2.45 bits per heavy atom. The fourth-order valence-corrected chi connectivity index (χ4v) is 4.71. The van der Waals surface area contributed by atoms with E-state index in [1.54, 1.807) is 34.4 Å². The first kappa shape index (κ1) is 22.0. The Labute approximate surface area is 186 Å². The van der Waals surface area contributed by atoms with E-state index in [0.717, 1.165) is 36.3 Å². The Bertz CT molecular complexity index is 1000. The molecule has 0 unspecified atom stereocenters. The Hall–Kier alpha value is -1.66. The minimum Gasteiger partial charge on any atom is -0.302 e. The summed E-state index contributed by atoms with van der Waals surface area (Å²) in [6, 6.07) is 11.2. The number of thiazole rings is 1. The van der Waals surface area contributed by atoms with Crippen LogP contribution in [0.4, 0.5) is 5.13 Å². The van der Waals surface area contributed by atoms with Crippen LogP contribution in [-0.4, -0.2) is 42.0 Å². The molecule has 0 N–H and O–H groups in total. The van der Waals surface area contributed by atoms with Crippen LogP contribution in [-0.2, 0) is 6.42 Å². The lowest BCUT2D eigenvalue weighted by molar-refractivity contribution is 0.0984. The topological polar surface area (TPSA) is 36.4 Å². The summed E-state index contributed by atoms with van der Waals surface area (Å²) in [5.41, 5.74) is 2.60. The van der Waals surface area contributed by atoms with Crippen molar-refractivity contribution < 1.29 is 4.79 Å². The largest absolute Gasteiger partial charge is 0.302 e. The second kappa shape index (κ2) is 9.90. The van der Waals surface area contributed by atoms with Gasteiger partial charge in [-0.1, -0.05) is 61.4 Å². The highest BCUT2D eigenvalue weighted by atomic mass is 35.5. The highest BCUT2D eigenvalue weighted by molar-refractivity contribution is 7.22. The molecule has 3 aromatic rings. The average Bonchev–Trinajstić information content (AvgIpc) is 3.13. The van der Waals surface area contributed by atoms with Gasteiger partial charge in [-0.05, 0) is 55.4 Å². The highest BCUT2D eigenvalue weighted by Gasteiger charge is 2.24. The van der Waals surface area contributed by atoms with E-state index in [1.165, 1.54) is 5.56 Å². The second-order valence-corrected chi connectivity index (χ2v) is 8.61. The summed E-state index contributed by atoms with van der Waals surface area (Å²) >= 11 is 13.9. The molecule has 0 saturated carbocycles. The quantitative estimate of drug-likeness (QED) is 0.413. The third kappa shape index (κ3) is 5.10. The molecule has 154 valence electrons. The van der Waals surface area contributed by atoms with Gasteiger partial charge in [0.15, 0.2) is 5.13 Å². The molecule has 7 heteroatoms. The van der Waals surface area contributed by atoms with Crippen LogP contribution in [0.15, 0.2) is 36.4 Å². The zero-order valence-corrected chi connectivity index (χ0v) is 19.2. The van der Waals surface area contributed by atoms with E-state index in [9.17, 15) is 4.79 Å². The van der Waals surface area contributed by atoms with Gasteiger partial charge in [0.1, 0.15) is 0 Å². The molecule has 0 aliphatic heterocycles. The first-order valence-electron chi connectivity index (χ1n) is 9.85. The van der Waals surface area contributed by atoms with Crippen molar-refractivity contribution >= 4 is 55.8 Å². The molecule has 0 spiro atoms. The Morgan fingerprint density at radius 1 is 1.03 bits per heavy atom. The maximum Gasteiger partial charge on any atom is 0.261 e. The van der Waals surface area contributed by atoms with Gasteiger partial charge in [-0.2, -0.15) is 0 Å². The van der Waals surface area contributed by atoms with Crippen LogP contribution >= 0.6 is 34.5 Å². The van der Waals surface area contributed by atoms with Crippen molar-refractivity contribution in [1.82, 2.24) is 9.88 Å². The van der Waals surface area contributed by atoms with E-state index in [1.807, 2.05) is 6.07 Å². The average molecular weight is 450 g/mol. The smallest absolute Gasteiger partial charge is 0.261 e. The van der Waals surface area contributed by atoms with Crippen LogP contribution in [0.1, 0.15) is 36.7 Å². The van der Waals surface area contributed by atoms with Crippen LogP contribution in [0, 0.1) is 0 Å². The van der Waals surface area contributed by atoms with Crippen molar-refractivity contribution in [1.29, 1.82) is 0 Å². The first-order valence-corrected chi connectivity index (χ1v) is 11.4. The Balaban J connectivity index is 1.99. The van der Waals surface area contributed by atoms with Crippen LogP contribution < -0.4 is 4.90 Å². The van der Waals surface area contributed by atoms with Crippen molar-refractivity contribution in [2.45, 2.75) is 27.2 Å². The predicted molar refractivity (Wildman–Crippen MR) is 125 cm³/mol. The van der Waals surface area contributed by atoms with Crippen LogP contribution in [0.25, 0.3) is 10.2 Å². The van der Waals surface area contributed by atoms with E-state index >= 15 is 0 Å². The molecule has 0 saturated heterocycles. The van der Waals surface area contributed by atoms with Gasteiger partial charge in [0.05, 0.1) is 20.8 Å². The number of aromatic nitrogens is 1. The summed E-state index contributed by atoms with van der Waals surface area (Å²) in [5, 5.41) is 1.55. The van der Waals surface area contributed by atoms with Gasteiger partial charge in [0.2, 0.25) is 0 Å². The normalized spacial score (nSPS) is 11.4. The zero-order chi connectivity index (χ0) is 21.0. The third-order valence-corrected chi connectivity index (χ3v) is 6.61. The van der Waals surface area contributed by atoms with Crippen LogP contribution in [0.2, 0.25) is 10.0 Å². The standard InChI is InChI=1S/C22H25Cl2N3OS/c1-4-15-7-10-19-20(13-15)29-22(25-19)27(12-11-26(5-2)6-3)21(28)17-9-8-16(23)14-18(17)24/h7-10,13-14H,4-6,11-12H2,1-3H3. The molecule has 1 heterocycles. The van der Waals surface area contributed by atoms with Crippen LogP contribution in [0.5, 0.6) is 0 Å². The Morgan fingerprint density at radius 2 is 1.79 bits per heavy atom. The van der Waals surface area contributed by atoms with E-state index in [2.05, 4.69) is 37.8 Å². The van der Waals surface area contributed by atoms with Crippen molar-refractivity contribution in [3.63, 3.8) is 0 Å². The molecule has 0 fully saturated rings. The van der Waals surface area contributed by atoms with Gasteiger partial charge in [-0.25, -0.2) is 4.98 Å². The van der Waals surface area contributed by atoms with Gasteiger partial charge in [0.25, 0.3) is 5.91 Å². The number of rotatable bonds is 8. The number of halogens is 2. The number of fused-ring (bicyclic) bond motifs is 1. The number of likely N-dealkylation sites (N-methyl/N-ethyl adjacent to an activating group) is 1. The molecule has 3 rings (SSSR count). The molecule has 0 radical (unpaired) electrons. The van der Waals surface area contributed by atoms with Gasteiger partial charge in [-0.15, -0.1) is 0 Å². The summed E-state index contributed by atoms with van der Waals surface area (Å²) in [7, 11) is 0. The zero-order valence-electron chi connectivity index (χ0n) is 16.9. The molecule has 4 nitrogen and oxygen atoms in total. The van der Waals surface area contributed by atoms with Gasteiger partial charge < -0.3 is 4.90 Å². The molecule has 0 bridgehead atoms. The lowest BCUT2D eigenvalue weighted by atomic mass is 10.2. The molecule has 2 aromatic carbocycles. The minimum absolute atomic E-state index is 0.159. The van der Waals surface area contributed by atoms with E-state index < -0.39 is 0 Å². The summed E-state index contributed by atoms with van der Waals surface area (Å²) in [5.74, 6) is -0.159. The predicted octanol–water partition coefficient (Wildman–Crippen LogP) is 6.15. The fraction of sp³-hybridized carbons (Fsp3) is 0.364. The SMILES string of the molecule is CCc1ccc2nc(N(CCN(CC)CC)C(=O)c3ccc(Cl)cc3Cl)sc2c1. The third-order valence-electron chi connectivity index (χ3n) is 5.02. The van der Waals surface area contributed by atoms with E-state index in [-0.39, 0.29) is 5.91 Å². The molecule has 1 aromatic heterocycles. The number of carbonyl (C=O) groups excluding carboxylic acids is 1. The molecular weight excluding hydrogens is 425 g/mol. The number of amides is 1. The molecule has 29 heavy (non-hydrogen) atoms. The summed E-state index contributed by atoms with van der Waals surface area (Å²) in [6.07, 6.45) is 0.966. The van der Waals surface area contributed by atoms with Gasteiger partial charge >= 0.3 is 0 Å². The number of anilines is 1. The van der Waals surface area contributed by atoms with Crippen molar-refractivity contribution in [3.8, 4) is 0 Å². The number of benzene rings is 2. The molecule has 0 aliphatic carbocycles. The van der Waals surface area contributed by atoms with Crippen molar-refractivity contribution in [2.75, 3.05) is 31.1 Å². The molecule has 0 atom stereocenters. The number of nitrogens with zero attached hydrogens (tertiary/aromatic N) is 3. The van der Waals surface area contributed by atoms with Crippen molar-refractivity contribution in [2.24, 2.45) is 0 Å². The van der Waals surface area contributed by atoms with E-state index in [4.69, 9.17) is 28.2 Å². The second-order valence-electron chi connectivity index (χ2n) is 6.76. The number of hydrogen-bond acceptors (Lipinski definition) is 4. The van der Waals surface area contributed by atoms with Gasteiger partial charge in [-0.3, -0.25) is 9.69 Å². The van der Waals surface area contributed by atoms with Crippen LogP contribution in [0.3, 0.4) is 0 Å². The van der Waals surface area contributed by atoms with Crippen molar-refractivity contribution in [3.05, 3.63) is 57.6 Å². The maximum atomic E-state index is 13.4. The fourth-order valence-electron chi connectivity index (χ4n) is 3.17. The number of hydrogen-bond donors (Lipinski definition) is 0. The summed E-state index contributed by atoms with van der Waals surface area (Å²) in [6.45, 7) is 9.54. The molecule has 1 amide bonds. The molecule has 0 aliphatic rings. The first-order chi connectivity index (χ1) is 14.0. The monoisotopic (exact) mass is 449 g/mol.